The van der Waals surface area contributed by atoms with Gasteiger partial charge in [0.2, 0.25) is 0 Å². The third kappa shape index (κ3) is 5.31. The SMILES string of the molecule is [2H]C([2H])([2H])NCC(=O)OCCC=C. The Morgan fingerprint density at radius 2 is 2.80 bits per heavy atom. The summed E-state index contributed by atoms with van der Waals surface area (Å²) in [4.78, 5) is 10.8. The van der Waals surface area contributed by atoms with Crippen molar-refractivity contribution in [3.05, 3.63) is 12.7 Å². The summed E-state index contributed by atoms with van der Waals surface area (Å²) in [5.74, 6) is -0.571. The number of hydrogen-bond acceptors (Lipinski definition) is 3. The topological polar surface area (TPSA) is 38.3 Å². The fourth-order valence-electron chi connectivity index (χ4n) is 0.379. The Balaban J connectivity index is 3.46. The smallest absolute Gasteiger partial charge is 0.319 e. The lowest BCUT2D eigenvalue weighted by molar-refractivity contribution is -0.142. The van der Waals surface area contributed by atoms with Crippen molar-refractivity contribution >= 4 is 5.97 Å². The van der Waals surface area contributed by atoms with Crippen molar-refractivity contribution in [2.24, 2.45) is 0 Å². The lowest BCUT2D eigenvalue weighted by atomic mass is 10.4. The molecular formula is C7H13NO2. The normalized spacial score (nSPS) is 14.6. The Hall–Kier alpha value is -0.830. The highest BCUT2D eigenvalue weighted by Crippen LogP contribution is 1.82. The van der Waals surface area contributed by atoms with Crippen LogP contribution < -0.4 is 5.32 Å². The van der Waals surface area contributed by atoms with Crippen molar-refractivity contribution < 1.29 is 13.6 Å². The van der Waals surface area contributed by atoms with Crippen LogP contribution in [0.15, 0.2) is 12.7 Å². The van der Waals surface area contributed by atoms with E-state index < -0.39 is 12.9 Å². The highest BCUT2D eigenvalue weighted by Gasteiger charge is 1.96. The maximum atomic E-state index is 10.8. The number of likely N-dealkylation sites (N-methyl/N-ethyl adjacent to an activating group) is 1. The average molecular weight is 146 g/mol. The van der Waals surface area contributed by atoms with Crippen molar-refractivity contribution in [1.29, 1.82) is 0 Å². The van der Waals surface area contributed by atoms with Gasteiger partial charge in [-0.2, -0.15) is 0 Å². The molecule has 0 saturated carbocycles. The standard InChI is InChI=1S/C7H13NO2/c1-3-4-5-10-7(9)6-8-2/h3,8H,1,4-6H2,2H3/i2D3. The fourth-order valence-corrected chi connectivity index (χ4v) is 0.379. The molecule has 0 heterocycles. The van der Waals surface area contributed by atoms with Crippen LogP contribution in [0, 0.1) is 0 Å². The van der Waals surface area contributed by atoms with E-state index in [4.69, 9.17) is 4.11 Å². The molecule has 0 atom stereocenters. The molecule has 3 nitrogen and oxygen atoms in total. The van der Waals surface area contributed by atoms with Gasteiger partial charge in [0.15, 0.2) is 0 Å². The molecule has 0 saturated heterocycles. The second-order valence-corrected chi connectivity index (χ2v) is 1.65. The van der Waals surface area contributed by atoms with Crippen LogP contribution in [0.2, 0.25) is 0 Å². The molecule has 0 bridgehead atoms. The minimum atomic E-state index is -2.29. The van der Waals surface area contributed by atoms with E-state index >= 15 is 0 Å². The number of carbonyl (C=O) groups is 1. The van der Waals surface area contributed by atoms with Crippen LogP contribution in [-0.4, -0.2) is 26.1 Å². The number of rotatable bonds is 5. The molecule has 0 aliphatic rings. The van der Waals surface area contributed by atoms with Crippen LogP contribution >= 0.6 is 0 Å². The van der Waals surface area contributed by atoms with Gasteiger partial charge < -0.3 is 10.1 Å². The highest BCUT2D eigenvalue weighted by molar-refractivity contribution is 5.71. The first kappa shape index (κ1) is 4.91. The van der Waals surface area contributed by atoms with Gasteiger partial charge in [0.05, 0.1) is 13.2 Å². The van der Waals surface area contributed by atoms with Crippen LogP contribution in [0.1, 0.15) is 10.5 Å². The number of ether oxygens (including phenoxy) is 1. The van der Waals surface area contributed by atoms with E-state index in [1.807, 2.05) is 5.32 Å². The van der Waals surface area contributed by atoms with Crippen LogP contribution in [0.4, 0.5) is 0 Å². The van der Waals surface area contributed by atoms with Crippen molar-refractivity contribution in [1.82, 2.24) is 5.32 Å². The Bertz CT molecular complexity index is 179. The van der Waals surface area contributed by atoms with Gasteiger partial charge in [-0.25, -0.2) is 0 Å². The largest absolute Gasteiger partial charge is 0.464 e. The van der Waals surface area contributed by atoms with Crippen molar-refractivity contribution in [2.75, 3.05) is 20.1 Å². The molecule has 0 aliphatic carbocycles. The lowest BCUT2D eigenvalue weighted by Crippen LogP contribution is -2.21. The van der Waals surface area contributed by atoms with Crippen LogP contribution in [0.3, 0.4) is 0 Å². The summed E-state index contributed by atoms with van der Waals surface area (Å²) < 4.78 is 24.9. The van der Waals surface area contributed by atoms with E-state index in [0.29, 0.717) is 6.42 Å². The highest BCUT2D eigenvalue weighted by atomic mass is 16.5. The zero-order valence-electron chi connectivity index (χ0n) is 8.72. The maximum absolute atomic E-state index is 10.8. The van der Waals surface area contributed by atoms with Crippen molar-refractivity contribution in [3.8, 4) is 0 Å². The number of carbonyl (C=O) groups excluding carboxylic acids is 1. The molecule has 0 aromatic carbocycles. The van der Waals surface area contributed by atoms with Crippen molar-refractivity contribution in [2.45, 2.75) is 6.42 Å². The van der Waals surface area contributed by atoms with Gasteiger partial charge in [-0.05, 0) is 13.4 Å². The molecule has 0 unspecified atom stereocenters. The van der Waals surface area contributed by atoms with E-state index in [0.717, 1.165) is 0 Å². The monoisotopic (exact) mass is 146 g/mol. The number of hydrogen-bond donors (Lipinski definition) is 1. The summed E-state index contributed by atoms with van der Waals surface area (Å²) in [7, 11) is 0. The molecule has 0 spiro atoms. The third-order valence-electron chi connectivity index (χ3n) is 0.818. The zero-order valence-corrected chi connectivity index (χ0v) is 5.72. The van der Waals surface area contributed by atoms with Crippen molar-refractivity contribution in [3.63, 3.8) is 0 Å². The summed E-state index contributed by atoms with van der Waals surface area (Å²) in [6.45, 7) is 1.09. The molecular weight excluding hydrogens is 130 g/mol. The van der Waals surface area contributed by atoms with Crippen LogP contribution in [0.25, 0.3) is 0 Å². The van der Waals surface area contributed by atoms with Gasteiger partial charge in [0.1, 0.15) is 0 Å². The van der Waals surface area contributed by atoms with Gasteiger partial charge in [-0.3, -0.25) is 4.79 Å². The first-order chi connectivity index (χ1) is 5.95. The van der Waals surface area contributed by atoms with Gasteiger partial charge in [-0.15, -0.1) is 6.58 Å². The summed E-state index contributed by atoms with van der Waals surface area (Å²) in [5, 5.41) is 2.05. The zero-order chi connectivity index (χ0) is 10.3. The Kier molecular flexibility index (Phi) is 3.09. The van der Waals surface area contributed by atoms with E-state index in [1.165, 1.54) is 0 Å². The molecule has 58 valence electrons. The molecule has 0 rings (SSSR count). The van der Waals surface area contributed by atoms with E-state index in [9.17, 15) is 4.79 Å². The average Bonchev–Trinajstić information content (AvgIpc) is 2.00. The molecule has 0 aromatic heterocycles. The van der Waals surface area contributed by atoms with Crippen LogP contribution in [-0.2, 0) is 9.53 Å². The molecule has 10 heavy (non-hydrogen) atoms. The quantitative estimate of drug-likeness (QED) is 0.345. The first-order valence-corrected chi connectivity index (χ1v) is 2.97. The van der Waals surface area contributed by atoms with E-state index in [1.54, 1.807) is 6.08 Å². The van der Waals surface area contributed by atoms with Gasteiger partial charge >= 0.3 is 5.97 Å². The fraction of sp³-hybridized carbons (Fsp3) is 0.571. The Morgan fingerprint density at radius 3 is 3.40 bits per heavy atom. The summed E-state index contributed by atoms with van der Waals surface area (Å²) in [6.07, 6.45) is 2.18. The van der Waals surface area contributed by atoms with Gasteiger partial charge in [0, 0.05) is 4.11 Å². The minimum Gasteiger partial charge on any atom is -0.464 e. The summed E-state index contributed by atoms with van der Waals surface area (Å²) in [6, 6.07) is 0. The molecule has 0 aliphatic heterocycles. The number of esters is 1. The molecule has 1 N–H and O–H groups in total. The lowest BCUT2D eigenvalue weighted by Gasteiger charge is -2.00. The van der Waals surface area contributed by atoms with E-state index in [-0.39, 0.29) is 13.2 Å². The van der Waals surface area contributed by atoms with Gasteiger partial charge in [0.25, 0.3) is 0 Å². The summed E-state index contributed by atoms with van der Waals surface area (Å²) >= 11 is 0. The second-order valence-electron chi connectivity index (χ2n) is 1.65. The summed E-state index contributed by atoms with van der Waals surface area (Å²) in [5.41, 5.74) is 0. The maximum Gasteiger partial charge on any atom is 0.319 e. The first-order valence-electron chi connectivity index (χ1n) is 4.47. The molecule has 0 radical (unpaired) electrons. The molecule has 0 fully saturated rings. The third-order valence-corrected chi connectivity index (χ3v) is 0.818. The van der Waals surface area contributed by atoms with E-state index in [2.05, 4.69) is 11.3 Å². The Morgan fingerprint density at radius 1 is 2.00 bits per heavy atom. The predicted octanol–water partition coefficient (Wildman–Crippen LogP) is 0.325. The molecule has 0 aromatic rings. The van der Waals surface area contributed by atoms with Crippen LogP contribution in [0.5, 0.6) is 0 Å². The predicted molar refractivity (Wildman–Crippen MR) is 39.7 cm³/mol. The van der Waals surface area contributed by atoms with Gasteiger partial charge in [-0.1, -0.05) is 6.08 Å². The Labute approximate surface area is 65.3 Å². The number of nitrogens with one attached hydrogen (secondary N) is 1. The minimum absolute atomic E-state index is 0.241. The molecule has 0 amide bonds. The molecule has 3 heteroatoms. The second kappa shape index (κ2) is 6.29.